The van der Waals surface area contributed by atoms with Gasteiger partial charge in [-0.3, -0.25) is 0 Å². The molecule has 0 bridgehead atoms. The zero-order valence-electron chi connectivity index (χ0n) is 12.1. The van der Waals surface area contributed by atoms with Crippen molar-refractivity contribution < 1.29 is 24.2 Å². The molecule has 7 nitrogen and oxygen atoms in total. The first-order valence-electron chi connectivity index (χ1n) is 6.85. The monoisotopic (exact) mass is 288 g/mol. The third-order valence-electron chi connectivity index (χ3n) is 3.30. The van der Waals surface area contributed by atoms with E-state index in [1.54, 1.807) is 7.11 Å². The van der Waals surface area contributed by atoms with E-state index in [0.717, 1.165) is 12.8 Å². The number of carboxylic acids is 1. The first kappa shape index (κ1) is 16.7. The van der Waals surface area contributed by atoms with Gasteiger partial charge in [-0.15, -0.1) is 0 Å². The lowest BCUT2D eigenvalue weighted by Crippen LogP contribution is -2.57. The molecule has 2 atom stereocenters. The number of carbonyl (C=O) groups excluding carboxylic acids is 1. The SMILES string of the molecule is COCCCC(NC(=O)NC1(C)CCCOC1)C(=O)O. The summed E-state index contributed by atoms with van der Waals surface area (Å²) in [5.41, 5.74) is -0.433. The number of hydrogen-bond acceptors (Lipinski definition) is 4. The Bertz CT molecular complexity index is 329. The maximum absolute atomic E-state index is 11.9. The van der Waals surface area contributed by atoms with Crippen LogP contribution in [0.25, 0.3) is 0 Å². The summed E-state index contributed by atoms with van der Waals surface area (Å²) in [6.45, 7) is 3.51. The minimum atomic E-state index is -1.04. The number of ether oxygens (including phenoxy) is 2. The first-order chi connectivity index (χ1) is 9.47. The van der Waals surface area contributed by atoms with E-state index in [-0.39, 0.29) is 0 Å². The van der Waals surface area contributed by atoms with Crippen LogP contribution in [0, 0.1) is 0 Å². The largest absolute Gasteiger partial charge is 0.480 e. The minimum absolute atomic E-state index is 0.337. The van der Waals surface area contributed by atoms with E-state index >= 15 is 0 Å². The maximum Gasteiger partial charge on any atom is 0.326 e. The first-order valence-corrected chi connectivity index (χ1v) is 6.85. The minimum Gasteiger partial charge on any atom is -0.480 e. The van der Waals surface area contributed by atoms with Crippen molar-refractivity contribution in [2.45, 2.75) is 44.2 Å². The Balaban J connectivity index is 2.42. The highest BCUT2D eigenvalue weighted by Crippen LogP contribution is 2.18. The molecule has 116 valence electrons. The summed E-state index contributed by atoms with van der Waals surface area (Å²) in [4.78, 5) is 23.0. The van der Waals surface area contributed by atoms with Crippen LogP contribution in [0.15, 0.2) is 0 Å². The molecule has 1 heterocycles. The Kier molecular flexibility index (Phi) is 6.74. The van der Waals surface area contributed by atoms with Crippen LogP contribution in [-0.2, 0) is 14.3 Å². The van der Waals surface area contributed by atoms with Crippen LogP contribution >= 0.6 is 0 Å². The van der Waals surface area contributed by atoms with Crippen molar-refractivity contribution in [1.82, 2.24) is 10.6 Å². The molecule has 1 rings (SSSR count). The van der Waals surface area contributed by atoms with Gasteiger partial charge in [0.25, 0.3) is 0 Å². The second-order valence-electron chi connectivity index (χ2n) is 5.34. The Labute approximate surface area is 119 Å². The summed E-state index contributed by atoms with van der Waals surface area (Å²) in [5, 5.41) is 14.4. The molecular formula is C13H24N2O5. The van der Waals surface area contributed by atoms with E-state index < -0.39 is 23.6 Å². The van der Waals surface area contributed by atoms with E-state index in [0.29, 0.717) is 32.7 Å². The molecule has 0 aromatic heterocycles. The van der Waals surface area contributed by atoms with Crippen molar-refractivity contribution >= 4 is 12.0 Å². The highest BCUT2D eigenvalue weighted by molar-refractivity contribution is 5.82. The number of methoxy groups -OCH3 is 1. The topological polar surface area (TPSA) is 96.9 Å². The number of aliphatic carboxylic acids is 1. The van der Waals surface area contributed by atoms with Gasteiger partial charge in [-0.2, -0.15) is 0 Å². The Morgan fingerprint density at radius 2 is 2.25 bits per heavy atom. The van der Waals surface area contributed by atoms with Crippen molar-refractivity contribution in [3.05, 3.63) is 0 Å². The molecule has 0 aromatic rings. The van der Waals surface area contributed by atoms with Gasteiger partial charge in [0.05, 0.1) is 12.1 Å². The number of nitrogens with one attached hydrogen (secondary N) is 2. The molecule has 3 N–H and O–H groups in total. The van der Waals surface area contributed by atoms with Crippen LogP contribution in [0.4, 0.5) is 4.79 Å². The van der Waals surface area contributed by atoms with Gasteiger partial charge in [0.15, 0.2) is 0 Å². The third-order valence-corrected chi connectivity index (χ3v) is 3.30. The summed E-state index contributed by atoms with van der Waals surface area (Å²) >= 11 is 0. The third kappa shape index (κ3) is 5.75. The van der Waals surface area contributed by atoms with Gasteiger partial charge in [-0.1, -0.05) is 0 Å². The molecule has 2 amide bonds. The fraction of sp³-hybridized carbons (Fsp3) is 0.846. The average molecular weight is 288 g/mol. The Morgan fingerprint density at radius 1 is 1.50 bits per heavy atom. The van der Waals surface area contributed by atoms with E-state index in [4.69, 9.17) is 14.6 Å². The predicted octanol–water partition coefficient (Wildman–Crippen LogP) is 0.735. The molecule has 1 aliphatic rings. The summed E-state index contributed by atoms with van der Waals surface area (Å²) < 4.78 is 10.2. The number of carbonyl (C=O) groups is 2. The molecule has 0 saturated carbocycles. The highest BCUT2D eigenvalue weighted by atomic mass is 16.5. The van der Waals surface area contributed by atoms with E-state index in [1.165, 1.54) is 0 Å². The number of carboxylic acid groups (broad SMARTS) is 1. The van der Waals surface area contributed by atoms with Gasteiger partial charge in [0, 0.05) is 20.3 Å². The number of amides is 2. The summed E-state index contributed by atoms with van der Waals surface area (Å²) in [6.07, 6.45) is 2.62. The van der Waals surface area contributed by atoms with Crippen LogP contribution in [0.2, 0.25) is 0 Å². The van der Waals surface area contributed by atoms with Gasteiger partial charge in [-0.05, 0) is 32.6 Å². The molecule has 20 heavy (non-hydrogen) atoms. The smallest absolute Gasteiger partial charge is 0.326 e. The van der Waals surface area contributed by atoms with Gasteiger partial charge in [0.2, 0.25) is 0 Å². The Hall–Kier alpha value is -1.34. The van der Waals surface area contributed by atoms with Crippen molar-refractivity contribution in [2.75, 3.05) is 26.9 Å². The molecule has 1 saturated heterocycles. The number of rotatable bonds is 7. The lowest BCUT2D eigenvalue weighted by molar-refractivity contribution is -0.139. The molecule has 7 heteroatoms. The van der Waals surface area contributed by atoms with E-state index in [1.807, 2.05) is 6.92 Å². The van der Waals surface area contributed by atoms with Crippen LogP contribution in [0.1, 0.15) is 32.6 Å². The zero-order valence-corrected chi connectivity index (χ0v) is 12.1. The quantitative estimate of drug-likeness (QED) is 0.600. The standard InChI is InChI=1S/C13H24N2O5/c1-13(6-4-8-20-9-13)15-12(18)14-10(11(16)17)5-3-7-19-2/h10H,3-9H2,1-2H3,(H,16,17)(H2,14,15,18). The molecule has 2 unspecified atom stereocenters. The van der Waals surface area contributed by atoms with Gasteiger partial charge >= 0.3 is 12.0 Å². The predicted molar refractivity (Wildman–Crippen MR) is 72.7 cm³/mol. The maximum atomic E-state index is 11.9. The van der Waals surface area contributed by atoms with Crippen LogP contribution < -0.4 is 10.6 Å². The van der Waals surface area contributed by atoms with Gasteiger partial charge in [0.1, 0.15) is 6.04 Å². The normalized spacial score (nSPS) is 23.9. The summed E-state index contributed by atoms with van der Waals surface area (Å²) in [6, 6.07) is -1.37. The van der Waals surface area contributed by atoms with Crippen molar-refractivity contribution in [2.24, 2.45) is 0 Å². The second-order valence-corrected chi connectivity index (χ2v) is 5.34. The fourth-order valence-corrected chi connectivity index (χ4v) is 2.19. The van der Waals surface area contributed by atoms with Gasteiger partial charge < -0.3 is 25.2 Å². The molecular weight excluding hydrogens is 264 g/mol. The second kappa shape index (κ2) is 8.06. The van der Waals surface area contributed by atoms with Crippen LogP contribution in [-0.4, -0.2) is 55.6 Å². The summed E-state index contributed by atoms with van der Waals surface area (Å²) in [5.74, 6) is -1.04. The molecule has 0 aliphatic carbocycles. The van der Waals surface area contributed by atoms with Gasteiger partial charge in [-0.25, -0.2) is 9.59 Å². The molecule has 0 aromatic carbocycles. The number of urea groups is 1. The molecule has 0 radical (unpaired) electrons. The number of hydrogen-bond donors (Lipinski definition) is 3. The molecule has 1 aliphatic heterocycles. The Morgan fingerprint density at radius 3 is 2.80 bits per heavy atom. The molecule has 0 spiro atoms. The van der Waals surface area contributed by atoms with Crippen molar-refractivity contribution in [3.63, 3.8) is 0 Å². The van der Waals surface area contributed by atoms with Crippen LogP contribution in [0.3, 0.4) is 0 Å². The summed E-state index contributed by atoms with van der Waals surface area (Å²) in [7, 11) is 1.56. The average Bonchev–Trinajstić information content (AvgIpc) is 2.37. The van der Waals surface area contributed by atoms with E-state index in [9.17, 15) is 9.59 Å². The molecule has 1 fully saturated rings. The zero-order chi connectivity index (χ0) is 15.0. The van der Waals surface area contributed by atoms with Crippen molar-refractivity contribution in [1.29, 1.82) is 0 Å². The van der Waals surface area contributed by atoms with Crippen molar-refractivity contribution in [3.8, 4) is 0 Å². The van der Waals surface area contributed by atoms with E-state index in [2.05, 4.69) is 10.6 Å². The fourth-order valence-electron chi connectivity index (χ4n) is 2.19. The lowest BCUT2D eigenvalue weighted by Gasteiger charge is -2.34. The van der Waals surface area contributed by atoms with Crippen LogP contribution in [0.5, 0.6) is 0 Å². The highest BCUT2D eigenvalue weighted by Gasteiger charge is 2.30. The lowest BCUT2D eigenvalue weighted by atomic mass is 9.95.